The average Bonchev–Trinajstić information content (AvgIpc) is 2.88. The van der Waals surface area contributed by atoms with Crippen molar-refractivity contribution in [3.8, 4) is 5.75 Å². The lowest BCUT2D eigenvalue weighted by Gasteiger charge is -2.17. The number of carbonyl (C=O) groups excluding carboxylic acids is 2. The smallest absolute Gasteiger partial charge is 0.488 e. The number of aldehydes is 1. The van der Waals surface area contributed by atoms with Gasteiger partial charge in [-0.05, 0) is 30.6 Å². The Labute approximate surface area is 143 Å². The number of benzene rings is 2. The van der Waals surface area contributed by atoms with Crippen molar-refractivity contribution in [2.45, 2.75) is 19.1 Å². The van der Waals surface area contributed by atoms with Gasteiger partial charge in [0, 0.05) is 22.8 Å². The number of fused-ring (bicyclic) bond motifs is 1. The fourth-order valence-corrected chi connectivity index (χ4v) is 2.86. The Balaban J connectivity index is 1.85. The van der Waals surface area contributed by atoms with Gasteiger partial charge in [0.05, 0.1) is 6.04 Å². The van der Waals surface area contributed by atoms with Crippen LogP contribution in [-0.2, 0) is 0 Å². The van der Waals surface area contributed by atoms with Gasteiger partial charge in [0.2, 0.25) is 0 Å². The second-order valence-electron chi connectivity index (χ2n) is 5.79. The number of hydrogen-bond acceptors (Lipinski definition) is 5. The van der Waals surface area contributed by atoms with Crippen LogP contribution in [0.25, 0.3) is 0 Å². The first kappa shape index (κ1) is 17.1. The van der Waals surface area contributed by atoms with Crippen molar-refractivity contribution in [2.24, 2.45) is 0 Å². The fourth-order valence-electron chi connectivity index (χ4n) is 2.86. The van der Waals surface area contributed by atoms with Crippen molar-refractivity contribution in [1.82, 2.24) is 5.32 Å². The van der Waals surface area contributed by atoms with Gasteiger partial charge in [0.1, 0.15) is 24.0 Å². The quantitative estimate of drug-likeness (QED) is 0.557. The third-order valence-corrected chi connectivity index (χ3v) is 4.13. The lowest BCUT2D eigenvalue weighted by molar-refractivity contribution is 0.0908. The van der Waals surface area contributed by atoms with Crippen LogP contribution in [-0.4, -0.2) is 35.5 Å². The molecule has 1 aliphatic rings. The molecule has 0 aliphatic carbocycles. The van der Waals surface area contributed by atoms with E-state index in [2.05, 4.69) is 5.32 Å². The van der Waals surface area contributed by atoms with Gasteiger partial charge in [-0.2, -0.15) is 0 Å². The molecule has 3 N–H and O–H groups in total. The van der Waals surface area contributed by atoms with Gasteiger partial charge in [-0.1, -0.05) is 12.1 Å². The van der Waals surface area contributed by atoms with E-state index in [0.717, 1.165) is 0 Å². The molecule has 2 aromatic carbocycles. The van der Waals surface area contributed by atoms with Crippen LogP contribution in [0.5, 0.6) is 5.75 Å². The largest absolute Gasteiger partial charge is 0.489 e. The Bertz CT molecular complexity index is 842. The van der Waals surface area contributed by atoms with Crippen molar-refractivity contribution < 1.29 is 28.8 Å². The van der Waals surface area contributed by atoms with Gasteiger partial charge in [-0.25, -0.2) is 4.39 Å². The molecule has 0 saturated heterocycles. The molecule has 1 amide bonds. The third kappa shape index (κ3) is 3.26. The van der Waals surface area contributed by atoms with Crippen molar-refractivity contribution in [3.05, 3.63) is 58.9 Å². The fraction of sp³-hybridized carbons (Fsp3) is 0.176. The lowest BCUT2D eigenvalue weighted by Crippen LogP contribution is -2.36. The van der Waals surface area contributed by atoms with Crippen LogP contribution in [0.4, 0.5) is 4.39 Å². The van der Waals surface area contributed by atoms with E-state index in [1.165, 1.54) is 30.3 Å². The molecule has 25 heavy (non-hydrogen) atoms. The topological polar surface area (TPSA) is 95.9 Å². The van der Waals surface area contributed by atoms with Crippen LogP contribution < -0.4 is 15.5 Å². The van der Waals surface area contributed by atoms with Crippen LogP contribution in [0.2, 0.25) is 0 Å². The Kier molecular flexibility index (Phi) is 4.56. The molecule has 2 atom stereocenters. The summed E-state index contributed by atoms with van der Waals surface area (Å²) in [5.74, 6) is -0.503. The molecule has 0 saturated carbocycles. The van der Waals surface area contributed by atoms with E-state index in [9.17, 15) is 24.0 Å². The molecule has 0 radical (unpaired) electrons. The number of ether oxygens (including phenoxy) is 1. The maximum atomic E-state index is 13.3. The zero-order valence-corrected chi connectivity index (χ0v) is 13.3. The van der Waals surface area contributed by atoms with Gasteiger partial charge in [-0.3, -0.25) is 9.59 Å². The highest BCUT2D eigenvalue weighted by atomic mass is 19.1. The van der Waals surface area contributed by atoms with E-state index in [4.69, 9.17) is 4.74 Å². The first-order chi connectivity index (χ1) is 11.9. The molecule has 2 unspecified atom stereocenters. The number of hydrogen-bond donors (Lipinski definition) is 3. The van der Waals surface area contributed by atoms with Gasteiger partial charge >= 0.3 is 7.12 Å². The minimum atomic E-state index is -1.80. The Morgan fingerprint density at radius 1 is 1.28 bits per heavy atom. The number of rotatable bonds is 4. The summed E-state index contributed by atoms with van der Waals surface area (Å²) in [6, 6.07) is 7.63. The summed E-state index contributed by atoms with van der Waals surface area (Å²) in [7, 11) is -1.80. The second-order valence-corrected chi connectivity index (χ2v) is 5.79. The zero-order chi connectivity index (χ0) is 18.1. The van der Waals surface area contributed by atoms with Crippen molar-refractivity contribution in [3.63, 3.8) is 0 Å². The third-order valence-electron chi connectivity index (χ3n) is 4.13. The van der Waals surface area contributed by atoms with Gasteiger partial charge in [0.15, 0.2) is 0 Å². The normalized spacial score (nSPS) is 18.2. The summed E-state index contributed by atoms with van der Waals surface area (Å²) in [6.07, 6.45) is 0.0649. The van der Waals surface area contributed by atoms with Crippen LogP contribution in [0.3, 0.4) is 0 Å². The van der Waals surface area contributed by atoms with E-state index in [0.29, 0.717) is 17.6 Å². The maximum absolute atomic E-state index is 13.3. The van der Waals surface area contributed by atoms with E-state index < -0.39 is 24.9 Å². The molecule has 2 aromatic rings. The molecular weight excluding hydrogens is 328 g/mol. The number of amides is 1. The summed E-state index contributed by atoms with van der Waals surface area (Å²) in [6.45, 7) is 1.75. The Hall–Kier alpha value is -2.71. The highest BCUT2D eigenvalue weighted by Crippen LogP contribution is 2.37. The van der Waals surface area contributed by atoms with Crippen molar-refractivity contribution in [1.29, 1.82) is 0 Å². The van der Waals surface area contributed by atoms with E-state index in [1.54, 1.807) is 13.0 Å². The molecule has 0 fully saturated rings. The van der Waals surface area contributed by atoms with Crippen LogP contribution in [0.15, 0.2) is 36.4 Å². The zero-order valence-electron chi connectivity index (χ0n) is 13.3. The standard InChI is InChI=1S/C17H15BFNO5/c1-9-16(13-4-3-12(19)7-15(13)25-9)20-17(22)10-2-5-14(18(23)24)11(6-10)8-21/h2-9,16,23-24H,1H3,(H,20,22). The SMILES string of the molecule is CC1Oc2cc(F)ccc2C1NC(=O)c1ccc(B(O)O)c(C=O)c1. The van der Waals surface area contributed by atoms with Gasteiger partial charge < -0.3 is 20.1 Å². The second kappa shape index (κ2) is 6.66. The van der Waals surface area contributed by atoms with E-state index >= 15 is 0 Å². The first-order valence-corrected chi connectivity index (χ1v) is 7.63. The molecule has 1 aliphatic heterocycles. The molecule has 3 rings (SSSR count). The Morgan fingerprint density at radius 2 is 2.04 bits per heavy atom. The summed E-state index contributed by atoms with van der Waals surface area (Å²) < 4.78 is 18.8. The number of carbonyl (C=O) groups is 2. The van der Waals surface area contributed by atoms with E-state index in [-0.39, 0.29) is 22.7 Å². The molecule has 0 aromatic heterocycles. The summed E-state index contributed by atoms with van der Waals surface area (Å²) >= 11 is 0. The predicted octanol–water partition coefficient (Wildman–Crippen LogP) is 0.570. The highest BCUT2D eigenvalue weighted by molar-refractivity contribution is 6.60. The summed E-state index contributed by atoms with van der Waals surface area (Å²) in [5.41, 5.74) is 0.889. The monoisotopic (exact) mass is 343 g/mol. The predicted molar refractivity (Wildman–Crippen MR) is 88.4 cm³/mol. The lowest BCUT2D eigenvalue weighted by atomic mass is 9.77. The summed E-state index contributed by atoms with van der Waals surface area (Å²) in [5, 5.41) is 21.2. The average molecular weight is 343 g/mol. The molecular formula is C17H15BFNO5. The minimum absolute atomic E-state index is 0.0147. The number of nitrogens with one attached hydrogen (secondary N) is 1. The highest BCUT2D eigenvalue weighted by Gasteiger charge is 2.33. The molecule has 0 spiro atoms. The van der Waals surface area contributed by atoms with Gasteiger partial charge in [-0.15, -0.1) is 0 Å². The van der Waals surface area contributed by atoms with Crippen molar-refractivity contribution >= 4 is 24.8 Å². The first-order valence-electron chi connectivity index (χ1n) is 7.63. The number of halogens is 1. The maximum Gasteiger partial charge on any atom is 0.489 e. The minimum Gasteiger partial charge on any atom is -0.488 e. The Morgan fingerprint density at radius 3 is 2.72 bits per heavy atom. The van der Waals surface area contributed by atoms with E-state index in [1.807, 2.05) is 0 Å². The molecule has 8 heteroatoms. The molecule has 1 heterocycles. The van der Waals surface area contributed by atoms with Gasteiger partial charge in [0.25, 0.3) is 5.91 Å². The molecule has 6 nitrogen and oxygen atoms in total. The molecule has 128 valence electrons. The van der Waals surface area contributed by atoms with Crippen LogP contribution in [0.1, 0.15) is 39.2 Å². The van der Waals surface area contributed by atoms with Crippen molar-refractivity contribution in [2.75, 3.05) is 0 Å². The van der Waals surface area contributed by atoms with Crippen LogP contribution in [0, 0.1) is 5.82 Å². The van der Waals surface area contributed by atoms with Crippen LogP contribution >= 0.6 is 0 Å². The summed E-state index contributed by atoms with van der Waals surface area (Å²) in [4.78, 5) is 23.6. The molecule has 0 bridgehead atoms.